The van der Waals surface area contributed by atoms with Gasteiger partial charge < -0.3 is 19.1 Å². The van der Waals surface area contributed by atoms with E-state index >= 15 is 0 Å². The second-order valence-corrected chi connectivity index (χ2v) is 6.04. The van der Waals surface area contributed by atoms with Crippen molar-refractivity contribution in [3.63, 3.8) is 0 Å². The molecule has 2 heterocycles. The van der Waals surface area contributed by atoms with Crippen LogP contribution in [0, 0.1) is 6.92 Å². The molecule has 0 bridgehead atoms. The first-order chi connectivity index (χ1) is 12.1. The zero-order valence-electron chi connectivity index (χ0n) is 14.7. The molecule has 0 saturated carbocycles. The molecule has 1 fully saturated rings. The molecule has 0 unspecified atom stereocenters. The van der Waals surface area contributed by atoms with Crippen LogP contribution in [-0.4, -0.2) is 54.4 Å². The number of para-hydroxylation sites is 1. The first-order valence-corrected chi connectivity index (χ1v) is 8.31. The van der Waals surface area contributed by atoms with Crippen LogP contribution >= 0.6 is 0 Å². The maximum atomic E-state index is 12.4. The number of H-pyrrole nitrogens is 1. The van der Waals surface area contributed by atoms with Crippen LogP contribution in [0.2, 0.25) is 0 Å². The Morgan fingerprint density at radius 1 is 1.20 bits per heavy atom. The highest BCUT2D eigenvalue weighted by atomic mass is 16.5. The fraction of sp³-hybridized carbons (Fsp3) is 0.444. The molecule has 0 radical (unpaired) electrons. The second-order valence-electron chi connectivity index (χ2n) is 6.04. The van der Waals surface area contributed by atoms with Crippen molar-refractivity contribution < 1.29 is 19.0 Å². The summed E-state index contributed by atoms with van der Waals surface area (Å²) in [6.45, 7) is 3.14. The van der Waals surface area contributed by atoms with E-state index in [9.17, 15) is 4.79 Å². The summed E-state index contributed by atoms with van der Waals surface area (Å²) >= 11 is 0. The van der Waals surface area contributed by atoms with Crippen molar-refractivity contribution >= 4 is 5.91 Å². The summed E-state index contributed by atoms with van der Waals surface area (Å²) < 4.78 is 16.9. The van der Waals surface area contributed by atoms with Gasteiger partial charge >= 0.3 is 0 Å². The average Bonchev–Trinajstić information content (AvgIpc) is 3.08. The number of amides is 1. The number of nitrogens with zero attached hydrogens (tertiary/aromatic N) is 2. The minimum absolute atomic E-state index is 0.00942. The Morgan fingerprint density at radius 2 is 1.84 bits per heavy atom. The number of methoxy groups -OCH3 is 2. The lowest BCUT2D eigenvalue weighted by molar-refractivity contribution is 0.0579. The summed E-state index contributed by atoms with van der Waals surface area (Å²) in [5.74, 6) is 1.85. The molecule has 1 saturated heterocycles. The van der Waals surface area contributed by atoms with Gasteiger partial charge in [0.2, 0.25) is 5.75 Å². The predicted octanol–water partition coefficient (Wildman–Crippen LogP) is 2.42. The van der Waals surface area contributed by atoms with Crippen LogP contribution in [0.15, 0.2) is 24.3 Å². The van der Waals surface area contributed by atoms with Crippen LogP contribution in [0.3, 0.4) is 0 Å². The third-order valence-corrected chi connectivity index (χ3v) is 4.32. The number of carbonyl (C=O) groups is 1. The fourth-order valence-electron chi connectivity index (χ4n) is 2.97. The molecule has 3 rings (SSSR count). The van der Waals surface area contributed by atoms with Gasteiger partial charge in [-0.1, -0.05) is 6.07 Å². The van der Waals surface area contributed by atoms with Gasteiger partial charge in [0.05, 0.1) is 14.2 Å². The second kappa shape index (κ2) is 7.46. The molecule has 2 aromatic rings. The maximum absolute atomic E-state index is 12.4. The molecule has 0 aliphatic carbocycles. The van der Waals surface area contributed by atoms with Gasteiger partial charge in [0.1, 0.15) is 11.8 Å². The smallest absolute Gasteiger partial charge is 0.274 e. The Bertz CT molecular complexity index is 713. The van der Waals surface area contributed by atoms with Crippen molar-refractivity contribution in [2.75, 3.05) is 27.3 Å². The number of hydrogen-bond acceptors (Lipinski definition) is 5. The molecule has 1 aromatic heterocycles. The number of carbonyl (C=O) groups excluding carboxylic acids is 1. The molecular weight excluding hydrogens is 322 g/mol. The lowest BCUT2D eigenvalue weighted by Crippen LogP contribution is -2.42. The van der Waals surface area contributed by atoms with Gasteiger partial charge in [0.25, 0.3) is 5.91 Å². The molecule has 7 heteroatoms. The van der Waals surface area contributed by atoms with E-state index in [1.165, 1.54) is 0 Å². The SMILES string of the molecule is COc1cccc(OC)c1OC1CCN(C(=O)c2cc(C)[nH]n2)CC1. The summed E-state index contributed by atoms with van der Waals surface area (Å²) in [5, 5.41) is 6.85. The quantitative estimate of drug-likeness (QED) is 0.900. The maximum Gasteiger partial charge on any atom is 0.274 e. The molecule has 1 aliphatic heterocycles. The minimum atomic E-state index is -0.0438. The molecule has 134 valence electrons. The summed E-state index contributed by atoms with van der Waals surface area (Å²) in [4.78, 5) is 14.3. The highest BCUT2D eigenvalue weighted by molar-refractivity contribution is 5.92. The van der Waals surface area contributed by atoms with Crippen LogP contribution in [0.4, 0.5) is 0 Å². The van der Waals surface area contributed by atoms with Gasteiger partial charge in [-0.05, 0) is 25.1 Å². The number of rotatable bonds is 5. The minimum Gasteiger partial charge on any atom is -0.493 e. The number of aromatic nitrogens is 2. The lowest BCUT2D eigenvalue weighted by Gasteiger charge is -2.32. The number of hydrogen-bond donors (Lipinski definition) is 1. The van der Waals surface area contributed by atoms with Gasteiger partial charge in [-0.2, -0.15) is 5.10 Å². The van der Waals surface area contributed by atoms with Crippen LogP contribution < -0.4 is 14.2 Å². The Morgan fingerprint density at radius 3 is 2.36 bits per heavy atom. The summed E-state index contributed by atoms with van der Waals surface area (Å²) in [6, 6.07) is 7.31. The summed E-state index contributed by atoms with van der Waals surface area (Å²) in [7, 11) is 3.21. The Kier molecular flexibility index (Phi) is 5.11. The summed E-state index contributed by atoms with van der Waals surface area (Å²) in [5.41, 5.74) is 1.34. The van der Waals surface area contributed by atoms with Crippen LogP contribution in [0.1, 0.15) is 29.0 Å². The van der Waals surface area contributed by atoms with Crippen molar-refractivity contribution in [3.05, 3.63) is 35.7 Å². The largest absolute Gasteiger partial charge is 0.493 e. The van der Waals surface area contributed by atoms with Crippen molar-refractivity contribution in [1.82, 2.24) is 15.1 Å². The van der Waals surface area contributed by atoms with Gasteiger partial charge in [-0.15, -0.1) is 0 Å². The van der Waals surface area contributed by atoms with Crippen LogP contribution in [-0.2, 0) is 0 Å². The normalized spacial score (nSPS) is 15.1. The molecule has 1 aromatic carbocycles. The van der Waals surface area contributed by atoms with E-state index in [0.29, 0.717) is 36.0 Å². The molecule has 0 spiro atoms. The van der Waals surface area contributed by atoms with E-state index in [2.05, 4.69) is 10.2 Å². The molecule has 0 atom stereocenters. The van der Waals surface area contributed by atoms with Gasteiger partial charge in [-0.25, -0.2) is 0 Å². The highest BCUT2D eigenvalue weighted by Crippen LogP contribution is 2.38. The lowest BCUT2D eigenvalue weighted by atomic mass is 10.1. The van der Waals surface area contributed by atoms with Crippen LogP contribution in [0.25, 0.3) is 0 Å². The first kappa shape index (κ1) is 17.1. The average molecular weight is 345 g/mol. The third kappa shape index (κ3) is 3.70. The number of aryl methyl sites for hydroxylation is 1. The molecular formula is C18H23N3O4. The number of ether oxygens (including phenoxy) is 3. The van der Waals surface area contributed by atoms with Gasteiger partial charge in [0, 0.05) is 31.6 Å². The van der Waals surface area contributed by atoms with E-state index in [0.717, 1.165) is 18.5 Å². The topological polar surface area (TPSA) is 76.7 Å². The van der Waals surface area contributed by atoms with Gasteiger partial charge in [-0.3, -0.25) is 9.89 Å². The van der Waals surface area contributed by atoms with Crippen molar-refractivity contribution in [2.45, 2.75) is 25.9 Å². The molecule has 1 amide bonds. The molecule has 1 aliphatic rings. The third-order valence-electron chi connectivity index (χ3n) is 4.32. The Labute approximate surface area is 146 Å². The zero-order chi connectivity index (χ0) is 17.8. The highest BCUT2D eigenvalue weighted by Gasteiger charge is 2.27. The van der Waals surface area contributed by atoms with E-state index < -0.39 is 0 Å². The number of aromatic amines is 1. The molecule has 25 heavy (non-hydrogen) atoms. The van der Waals surface area contributed by atoms with Crippen molar-refractivity contribution in [2.24, 2.45) is 0 Å². The van der Waals surface area contributed by atoms with Crippen molar-refractivity contribution in [3.8, 4) is 17.2 Å². The van der Waals surface area contributed by atoms with E-state index in [4.69, 9.17) is 14.2 Å². The monoisotopic (exact) mass is 345 g/mol. The standard InChI is InChI=1S/C18H23N3O4/c1-12-11-14(20-19-12)18(22)21-9-7-13(8-10-21)25-17-15(23-2)5-4-6-16(17)24-3/h4-6,11,13H,7-10H2,1-3H3,(H,19,20). The zero-order valence-corrected chi connectivity index (χ0v) is 14.7. The van der Waals surface area contributed by atoms with Crippen molar-refractivity contribution in [1.29, 1.82) is 0 Å². The van der Waals surface area contributed by atoms with E-state index in [1.54, 1.807) is 20.3 Å². The van der Waals surface area contributed by atoms with E-state index in [-0.39, 0.29) is 12.0 Å². The summed E-state index contributed by atoms with van der Waals surface area (Å²) in [6.07, 6.45) is 1.50. The van der Waals surface area contributed by atoms with Gasteiger partial charge in [0.15, 0.2) is 11.5 Å². The molecule has 1 N–H and O–H groups in total. The first-order valence-electron chi connectivity index (χ1n) is 8.31. The number of likely N-dealkylation sites (tertiary alicyclic amines) is 1. The predicted molar refractivity (Wildman–Crippen MR) is 92.4 cm³/mol. The van der Waals surface area contributed by atoms with E-state index in [1.807, 2.05) is 30.0 Å². The Hall–Kier alpha value is -2.70. The number of nitrogens with one attached hydrogen (secondary N) is 1. The fourth-order valence-corrected chi connectivity index (χ4v) is 2.97. The Balaban J connectivity index is 1.63. The van der Waals surface area contributed by atoms with Crippen LogP contribution in [0.5, 0.6) is 17.2 Å². The molecule has 7 nitrogen and oxygen atoms in total. The number of piperidine rings is 1. The number of benzene rings is 1.